The van der Waals surface area contributed by atoms with Crippen molar-refractivity contribution in [1.29, 1.82) is 0 Å². The number of allylic oxidation sites excluding steroid dienone is 1. The number of hydrogen-bond donors (Lipinski definition) is 2. The zero-order valence-corrected chi connectivity index (χ0v) is 15.4. The highest BCUT2D eigenvalue weighted by atomic mass is 79.9. The fourth-order valence-electron chi connectivity index (χ4n) is 2.14. The SMILES string of the molecule is CCOC(Cc1ccc(OCC2(Br)NC(C)=CS2)cc1)C(=O)O. The van der Waals surface area contributed by atoms with Crippen LogP contribution in [-0.2, 0) is 16.0 Å². The highest BCUT2D eigenvalue weighted by Gasteiger charge is 2.31. The molecule has 126 valence electrons. The van der Waals surface area contributed by atoms with Gasteiger partial charge in [0, 0.05) is 18.7 Å². The Morgan fingerprint density at radius 3 is 2.65 bits per heavy atom. The second-order valence-corrected chi connectivity index (χ2v) is 8.24. The van der Waals surface area contributed by atoms with E-state index in [0.29, 0.717) is 19.6 Å². The molecule has 23 heavy (non-hydrogen) atoms. The number of carboxylic acids is 1. The average Bonchev–Trinajstić information content (AvgIpc) is 2.86. The lowest BCUT2D eigenvalue weighted by Crippen LogP contribution is -2.36. The molecule has 1 aromatic rings. The van der Waals surface area contributed by atoms with E-state index < -0.39 is 12.1 Å². The van der Waals surface area contributed by atoms with E-state index in [1.54, 1.807) is 18.7 Å². The lowest BCUT2D eigenvalue weighted by Gasteiger charge is -2.23. The van der Waals surface area contributed by atoms with Crippen LogP contribution >= 0.6 is 27.7 Å². The fourth-order valence-corrected chi connectivity index (χ4v) is 3.61. The predicted octanol–water partition coefficient (Wildman–Crippen LogP) is 3.34. The van der Waals surface area contributed by atoms with Crippen molar-refractivity contribution in [3.8, 4) is 5.75 Å². The number of aliphatic carboxylic acids is 1. The molecule has 2 unspecified atom stereocenters. The minimum atomic E-state index is -0.944. The summed E-state index contributed by atoms with van der Waals surface area (Å²) in [5, 5.41) is 14.4. The summed E-state index contributed by atoms with van der Waals surface area (Å²) in [5.74, 6) is -0.205. The summed E-state index contributed by atoms with van der Waals surface area (Å²) >= 11 is 5.25. The second-order valence-electron chi connectivity index (χ2n) is 5.19. The summed E-state index contributed by atoms with van der Waals surface area (Å²) in [5.41, 5.74) is 2.00. The summed E-state index contributed by atoms with van der Waals surface area (Å²) in [7, 11) is 0. The molecule has 0 aromatic heterocycles. The number of ether oxygens (including phenoxy) is 2. The Labute approximate surface area is 148 Å². The van der Waals surface area contributed by atoms with Crippen LogP contribution in [0.5, 0.6) is 5.75 Å². The van der Waals surface area contributed by atoms with E-state index in [0.717, 1.165) is 17.0 Å². The topological polar surface area (TPSA) is 67.8 Å². The quantitative estimate of drug-likeness (QED) is 0.514. The first-order valence-electron chi connectivity index (χ1n) is 7.29. The third kappa shape index (κ3) is 5.44. The zero-order valence-electron chi connectivity index (χ0n) is 13.0. The summed E-state index contributed by atoms with van der Waals surface area (Å²) in [6.45, 7) is 4.63. The minimum absolute atomic E-state index is 0.334. The van der Waals surface area contributed by atoms with E-state index in [2.05, 4.69) is 21.2 Å². The van der Waals surface area contributed by atoms with Crippen molar-refractivity contribution >= 4 is 33.7 Å². The molecule has 1 aliphatic heterocycles. The molecule has 0 spiro atoms. The zero-order chi connectivity index (χ0) is 16.9. The van der Waals surface area contributed by atoms with Gasteiger partial charge in [-0.25, -0.2) is 4.79 Å². The van der Waals surface area contributed by atoms with Crippen LogP contribution < -0.4 is 10.1 Å². The summed E-state index contributed by atoms with van der Waals surface area (Å²) in [6, 6.07) is 7.42. The van der Waals surface area contributed by atoms with Crippen molar-refractivity contribution in [3.05, 3.63) is 40.9 Å². The van der Waals surface area contributed by atoms with E-state index in [-0.39, 0.29) is 3.78 Å². The van der Waals surface area contributed by atoms with Gasteiger partial charge in [-0.1, -0.05) is 23.9 Å². The maximum Gasteiger partial charge on any atom is 0.333 e. The van der Waals surface area contributed by atoms with E-state index in [4.69, 9.17) is 14.6 Å². The Balaban J connectivity index is 1.88. The van der Waals surface area contributed by atoms with Crippen molar-refractivity contribution in [2.45, 2.75) is 30.2 Å². The molecule has 7 heteroatoms. The van der Waals surface area contributed by atoms with Crippen LogP contribution in [0, 0.1) is 0 Å². The Kier molecular flexibility index (Phi) is 6.38. The molecular weight excluding hydrogens is 382 g/mol. The molecule has 0 saturated heterocycles. The van der Waals surface area contributed by atoms with Gasteiger partial charge in [-0.3, -0.25) is 0 Å². The third-order valence-electron chi connectivity index (χ3n) is 3.22. The molecule has 1 aromatic carbocycles. The van der Waals surface area contributed by atoms with Crippen LogP contribution in [0.3, 0.4) is 0 Å². The van der Waals surface area contributed by atoms with Crippen molar-refractivity contribution in [2.24, 2.45) is 0 Å². The van der Waals surface area contributed by atoms with Crippen molar-refractivity contribution < 1.29 is 19.4 Å². The number of carboxylic acid groups (broad SMARTS) is 1. The highest BCUT2D eigenvalue weighted by molar-refractivity contribution is 9.12. The molecule has 0 aliphatic carbocycles. The first kappa shape index (κ1) is 18.2. The molecule has 2 rings (SSSR count). The van der Waals surface area contributed by atoms with Gasteiger partial charge in [-0.15, -0.1) is 0 Å². The Morgan fingerprint density at radius 1 is 1.43 bits per heavy atom. The third-order valence-corrected chi connectivity index (χ3v) is 5.27. The maximum atomic E-state index is 11.1. The minimum Gasteiger partial charge on any atom is -0.489 e. The van der Waals surface area contributed by atoms with Crippen LogP contribution in [0.4, 0.5) is 0 Å². The van der Waals surface area contributed by atoms with Gasteiger partial charge in [-0.2, -0.15) is 0 Å². The van der Waals surface area contributed by atoms with Crippen molar-refractivity contribution in [2.75, 3.05) is 13.2 Å². The first-order chi connectivity index (χ1) is 10.9. The summed E-state index contributed by atoms with van der Waals surface area (Å²) in [6.07, 6.45) is -0.475. The molecule has 2 atom stereocenters. The number of benzene rings is 1. The molecule has 0 saturated carbocycles. The molecule has 1 heterocycles. The van der Waals surface area contributed by atoms with Crippen LogP contribution in [0.25, 0.3) is 0 Å². The molecule has 2 N–H and O–H groups in total. The number of hydrogen-bond acceptors (Lipinski definition) is 5. The predicted molar refractivity (Wildman–Crippen MR) is 94.8 cm³/mol. The molecular formula is C16H20BrNO4S. The van der Waals surface area contributed by atoms with E-state index in [1.807, 2.05) is 36.6 Å². The Morgan fingerprint density at radius 2 is 2.13 bits per heavy atom. The number of nitrogens with one attached hydrogen (secondary N) is 1. The number of rotatable bonds is 8. The van der Waals surface area contributed by atoms with Gasteiger partial charge < -0.3 is 19.9 Å². The highest BCUT2D eigenvalue weighted by Crippen LogP contribution is 2.37. The van der Waals surface area contributed by atoms with Crippen molar-refractivity contribution in [3.63, 3.8) is 0 Å². The molecule has 5 nitrogen and oxygen atoms in total. The molecule has 0 bridgehead atoms. The van der Waals surface area contributed by atoms with Gasteiger partial charge in [0.05, 0.1) is 0 Å². The Bertz CT molecular complexity index is 578. The summed E-state index contributed by atoms with van der Waals surface area (Å²) < 4.78 is 10.7. The van der Waals surface area contributed by atoms with Crippen LogP contribution in [0.1, 0.15) is 19.4 Å². The van der Waals surface area contributed by atoms with Crippen LogP contribution in [0.15, 0.2) is 35.4 Å². The van der Waals surface area contributed by atoms with Gasteiger partial charge in [0.1, 0.15) is 12.4 Å². The molecule has 0 amide bonds. The fraction of sp³-hybridized carbons (Fsp3) is 0.438. The maximum absolute atomic E-state index is 11.1. The Hall–Kier alpha value is -1.18. The van der Waals surface area contributed by atoms with E-state index in [9.17, 15) is 4.79 Å². The molecule has 0 radical (unpaired) electrons. The second kappa shape index (κ2) is 8.08. The lowest BCUT2D eigenvalue weighted by molar-refractivity contribution is -0.149. The van der Waals surface area contributed by atoms with Gasteiger partial charge >= 0.3 is 5.97 Å². The first-order valence-corrected chi connectivity index (χ1v) is 8.97. The number of carbonyl (C=O) groups is 1. The van der Waals surface area contributed by atoms with Crippen molar-refractivity contribution in [1.82, 2.24) is 5.32 Å². The number of halogens is 1. The largest absolute Gasteiger partial charge is 0.489 e. The van der Waals surface area contributed by atoms with Gasteiger partial charge in [0.2, 0.25) is 0 Å². The number of thioether (sulfide) groups is 1. The average molecular weight is 402 g/mol. The standard InChI is InChI=1S/C16H20BrNO4S/c1-3-21-14(15(19)20)8-12-4-6-13(7-5-12)22-10-16(17)18-11(2)9-23-16/h4-7,9,14,18H,3,8,10H2,1-2H3,(H,19,20). The molecule has 0 fully saturated rings. The molecule has 1 aliphatic rings. The number of alkyl halides is 1. The van der Waals surface area contributed by atoms with Gasteiger partial charge in [-0.05, 0) is 52.9 Å². The normalized spacial score (nSPS) is 21.4. The van der Waals surface area contributed by atoms with Gasteiger partial charge in [0.25, 0.3) is 0 Å². The van der Waals surface area contributed by atoms with Crippen LogP contribution in [-0.4, -0.2) is 34.2 Å². The summed E-state index contributed by atoms with van der Waals surface area (Å²) in [4.78, 5) is 11.1. The monoisotopic (exact) mass is 401 g/mol. The van der Waals surface area contributed by atoms with Crippen LogP contribution in [0.2, 0.25) is 0 Å². The smallest absolute Gasteiger partial charge is 0.333 e. The lowest BCUT2D eigenvalue weighted by atomic mass is 10.1. The van der Waals surface area contributed by atoms with E-state index >= 15 is 0 Å². The van der Waals surface area contributed by atoms with E-state index in [1.165, 1.54) is 0 Å². The van der Waals surface area contributed by atoms with Gasteiger partial charge in [0.15, 0.2) is 9.88 Å².